The van der Waals surface area contributed by atoms with E-state index in [1.165, 1.54) is 25.0 Å². The first-order valence-corrected chi connectivity index (χ1v) is 12.8. The first-order valence-electron chi connectivity index (χ1n) is 12.8. The molecule has 37 heavy (non-hydrogen) atoms. The van der Waals surface area contributed by atoms with Crippen molar-refractivity contribution in [1.82, 2.24) is 25.1 Å². The molecular formula is C28H32FN5O3. The number of nitrogens with one attached hydrogen (secondary N) is 1. The highest BCUT2D eigenvalue weighted by molar-refractivity contribution is 5.95. The molecule has 0 radical (unpaired) electrons. The van der Waals surface area contributed by atoms with Crippen LogP contribution < -0.4 is 5.32 Å². The van der Waals surface area contributed by atoms with E-state index in [9.17, 15) is 19.4 Å². The molecule has 2 fully saturated rings. The maximum atomic E-state index is 13.2. The van der Waals surface area contributed by atoms with Gasteiger partial charge in [-0.3, -0.25) is 9.69 Å². The summed E-state index contributed by atoms with van der Waals surface area (Å²) in [5.74, 6) is -2.05. The van der Waals surface area contributed by atoms with Crippen molar-refractivity contribution in [2.45, 2.75) is 44.3 Å². The number of carbonyl (C=O) groups excluding carboxylic acids is 1. The molecule has 1 amide bonds. The quantitative estimate of drug-likeness (QED) is 0.430. The second-order valence-corrected chi connectivity index (χ2v) is 9.77. The molecule has 0 spiro atoms. The van der Waals surface area contributed by atoms with E-state index in [4.69, 9.17) is 0 Å². The number of carbonyl (C=O) groups is 1. The molecule has 0 bridgehead atoms. The lowest BCUT2D eigenvalue weighted by Gasteiger charge is -2.34. The van der Waals surface area contributed by atoms with Gasteiger partial charge in [-0.1, -0.05) is 42.5 Å². The Hall–Kier alpha value is -3.56. The van der Waals surface area contributed by atoms with Crippen LogP contribution in [0.3, 0.4) is 0 Å². The molecule has 5 rings (SSSR count). The summed E-state index contributed by atoms with van der Waals surface area (Å²) in [6.07, 6.45) is 4.53. The minimum Gasteiger partial charge on any atom is -0.501 e. The standard InChI is InChI=1S/C28H32FN5O3/c29-21-12-10-19(11-13-21)17-30-27(36)23-25(35)28(37)32-26(31-23)24(20-7-2-1-3-8-20)34-16-6-9-22(34)18-33-14-4-5-15-33/h1-3,7-8,10-13,22,24,35H,4-6,9,14-18H2,(H,30,36)(H,31,32,37)/t22-,24?/m0/s1. The highest BCUT2D eigenvalue weighted by Gasteiger charge is 2.36. The van der Waals surface area contributed by atoms with Crippen LogP contribution in [0.1, 0.15) is 59.2 Å². The van der Waals surface area contributed by atoms with E-state index in [1.54, 1.807) is 12.1 Å². The van der Waals surface area contributed by atoms with Crippen molar-refractivity contribution < 1.29 is 19.4 Å². The van der Waals surface area contributed by atoms with Crippen molar-refractivity contribution in [3.05, 3.63) is 83.1 Å². The monoisotopic (exact) mass is 505 g/mol. The van der Waals surface area contributed by atoms with Gasteiger partial charge >= 0.3 is 0 Å². The molecule has 1 aromatic heterocycles. The van der Waals surface area contributed by atoms with Gasteiger partial charge in [0.05, 0.1) is 6.04 Å². The number of likely N-dealkylation sites (tertiary alicyclic amines) is 2. The maximum absolute atomic E-state index is 13.2. The van der Waals surface area contributed by atoms with Gasteiger partial charge in [0.15, 0.2) is 11.5 Å². The number of rotatable bonds is 8. The molecule has 3 heterocycles. The average Bonchev–Trinajstić information content (AvgIpc) is 3.59. The van der Waals surface area contributed by atoms with Gasteiger partial charge in [-0.2, -0.15) is 4.98 Å². The Bertz CT molecular complexity index is 1220. The Balaban J connectivity index is 1.45. The fraction of sp³-hybridized carbons (Fsp3) is 0.393. The second-order valence-electron chi connectivity index (χ2n) is 9.77. The zero-order chi connectivity index (χ0) is 25.8. The van der Waals surface area contributed by atoms with Crippen LogP contribution in [0, 0.1) is 5.82 Å². The van der Waals surface area contributed by atoms with E-state index in [-0.39, 0.29) is 29.9 Å². The number of aromatic hydroxyl groups is 2. The summed E-state index contributed by atoms with van der Waals surface area (Å²) in [5, 5.41) is 23.7. The van der Waals surface area contributed by atoms with E-state index in [2.05, 4.69) is 25.1 Å². The molecule has 2 aliphatic heterocycles. The summed E-state index contributed by atoms with van der Waals surface area (Å²) in [4.78, 5) is 26.6. The van der Waals surface area contributed by atoms with Crippen LogP contribution in [0.25, 0.3) is 0 Å². The number of aromatic nitrogens is 2. The zero-order valence-corrected chi connectivity index (χ0v) is 20.7. The normalized spacial score (nSPS) is 19.2. The summed E-state index contributed by atoms with van der Waals surface area (Å²) < 4.78 is 13.2. The van der Waals surface area contributed by atoms with Gasteiger partial charge in [0.2, 0.25) is 5.75 Å². The summed E-state index contributed by atoms with van der Waals surface area (Å²) in [6.45, 7) is 4.13. The highest BCUT2D eigenvalue weighted by atomic mass is 19.1. The minimum atomic E-state index is -0.665. The van der Waals surface area contributed by atoms with Crippen LogP contribution in [0.15, 0.2) is 54.6 Å². The lowest BCUT2D eigenvalue weighted by molar-refractivity contribution is 0.0940. The topological polar surface area (TPSA) is 102 Å². The number of benzene rings is 2. The van der Waals surface area contributed by atoms with E-state index in [0.717, 1.165) is 44.6 Å². The summed E-state index contributed by atoms with van der Waals surface area (Å²) >= 11 is 0. The molecule has 2 saturated heterocycles. The van der Waals surface area contributed by atoms with Crippen LogP contribution in [-0.2, 0) is 6.54 Å². The molecule has 3 aromatic rings. The van der Waals surface area contributed by atoms with E-state index < -0.39 is 17.5 Å². The van der Waals surface area contributed by atoms with Gasteiger partial charge in [-0.25, -0.2) is 9.37 Å². The molecule has 0 aliphatic carbocycles. The van der Waals surface area contributed by atoms with Gasteiger partial charge in [0.1, 0.15) is 5.82 Å². The summed E-state index contributed by atoms with van der Waals surface area (Å²) in [7, 11) is 0. The SMILES string of the molecule is O=C(NCc1ccc(F)cc1)c1nc(C(c2ccccc2)N2CCC[C@H]2CN2CCCC2)nc(O)c1O. The minimum absolute atomic E-state index is 0.116. The predicted octanol–water partition coefficient (Wildman–Crippen LogP) is 3.61. The third kappa shape index (κ3) is 5.73. The average molecular weight is 506 g/mol. The molecule has 2 atom stereocenters. The smallest absolute Gasteiger partial charge is 0.274 e. The Kier molecular flexibility index (Phi) is 7.62. The van der Waals surface area contributed by atoms with Crippen molar-refractivity contribution in [3.8, 4) is 11.6 Å². The van der Waals surface area contributed by atoms with Crippen LogP contribution in [0.4, 0.5) is 4.39 Å². The lowest BCUT2D eigenvalue weighted by atomic mass is 10.0. The number of hydrogen-bond acceptors (Lipinski definition) is 7. The number of hydrogen-bond donors (Lipinski definition) is 3. The second kappa shape index (κ2) is 11.2. The highest BCUT2D eigenvalue weighted by Crippen LogP contribution is 2.36. The molecule has 3 N–H and O–H groups in total. The van der Waals surface area contributed by atoms with E-state index in [0.29, 0.717) is 11.6 Å². The van der Waals surface area contributed by atoms with Crippen LogP contribution in [-0.4, -0.2) is 68.1 Å². The molecule has 1 unspecified atom stereocenters. The van der Waals surface area contributed by atoms with Crippen molar-refractivity contribution in [1.29, 1.82) is 0 Å². The zero-order valence-electron chi connectivity index (χ0n) is 20.7. The Labute approximate surface area is 215 Å². The largest absolute Gasteiger partial charge is 0.501 e. The summed E-state index contributed by atoms with van der Waals surface area (Å²) in [5.41, 5.74) is 1.36. The third-order valence-electron chi connectivity index (χ3n) is 7.25. The molecule has 9 heteroatoms. The summed E-state index contributed by atoms with van der Waals surface area (Å²) in [6, 6.07) is 15.5. The van der Waals surface area contributed by atoms with Crippen LogP contribution in [0.5, 0.6) is 11.6 Å². The number of nitrogens with zero attached hydrogens (tertiary/aromatic N) is 4. The Morgan fingerprint density at radius 2 is 1.73 bits per heavy atom. The number of halogens is 1. The van der Waals surface area contributed by atoms with Gasteiger partial charge < -0.3 is 20.4 Å². The van der Waals surface area contributed by atoms with Gasteiger partial charge in [-0.05, 0) is 68.6 Å². The molecular weight excluding hydrogens is 473 g/mol. The molecule has 0 saturated carbocycles. The molecule has 2 aromatic carbocycles. The third-order valence-corrected chi connectivity index (χ3v) is 7.25. The van der Waals surface area contributed by atoms with E-state index >= 15 is 0 Å². The van der Waals surface area contributed by atoms with Gasteiger partial charge in [0.25, 0.3) is 11.8 Å². The fourth-order valence-electron chi connectivity index (χ4n) is 5.39. The van der Waals surface area contributed by atoms with Crippen molar-refractivity contribution in [3.63, 3.8) is 0 Å². The predicted molar refractivity (Wildman–Crippen MR) is 137 cm³/mol. The molecule has 2 aliphatic rings. The first-order chi connectivity index (χ1) is 18.0. The van der Waals surface area contributed by atoms with Crippen LogP contribution >= 0.6 is 0 Å². The van der Waals surface area contributed by atoms with Gasteiger partial charge in [0, 0.05) is 19.1 Å². The first kappa shape index (κ1) is 25.1. The number of amides is 1. The van der Waals surface area contributed by atoms with Crippen molar-refractivity contribution in [2.24, 2.45) is 0 Å². The van der Waals surface area contributed by atoms with Crippen molar-refractivity contribution in [2.75, 3.05) is 26.2 Å². The van der Waals surface area contributed by atoms with Crippen molar-refractivity contribution >= 4 is 5.91 Å². The maximum Gasteiger partial charge on any atom is 0.274 e. The fourth-order valence-corrected chi connectivity index (χ4v) is 5.39. The van der Waals surface area contributed by atoms with E-state index in [1.807, 2.05) is 30.3 Å². The molecule has 8 nitrogen and oxygen atoms in total. The van der Waals surface area contributed by atoms with Crippen LogP contribution in [0.2, 0.25) is 0 Å². The Morgan fingerprint density at radius 1 is 1.00 bits per heavy atom. The molecule has 194 valence electrons. The lowest BCUT2D eigenvalue weighted by Crippen LogP contribution is -2.42. The Morgan fingerprint density at radius 3 is 2.46 bits per heavy atom. The van der Waals surface area contributed by atoms with Gasteiger partial charge in [-0.15, -0.1) is 0 Å².